The molecule has 2 aromatic rings. The van der Waals surface area contributed by atoms with Crippen molar-refractivity contribution in [1.82, 2.24) is 14.8 Å². The second kappa shape index (κ2) is 9.95. The second-order valence-corrected chi connectivity index (χ2v) is 8.71. The third-order valence-corrected chi connectivity index (χ3v) is 6.34. The molecule has 9 heteroatoms. The molecule has 4 rings (SSSR count). The largest absolute Gasteiger partial charge is 0.416 e. The number of amides is 3. The third kappa shape index (κ3) is 5.46. The number of benzene rings is 1. The number of alkyl halides is 3. The van der Waals surface area contributed by atoms with Gasteiger partial charge in [0.2, 0.25) is 17.7 Å². The first-order chi connectivity index (χ1) is 16.2. The normalized spacial score (nSPS) is 18.7. The van der Waals surface area contributed by atoms with Gasteiger partial charge in [0.15, 0.2) is 0 Å². The standard InChI is InChI=1S/C25H26F3N3O3/c26-25(27,28)18-10-8-17(9-11-18)16-19-4-1-5-20(29-19)21-6-2-14-30(21)22(32)7-3-15-31-23(33)12-13-24(31)34/h1,4-5,8-11,21H,2-3,6-7,12-16H2/t21-/m1/s1. The van der Waals surface area contributed by atoms with Gasteiger partial charge >= 0.3 is 6.18 Å². The molecule has 0 spiro atoms. The van der Waals surface area contributed by atoms with Crippen molar-refractivity contribution in [3.8, 4) is 0 Å². The number of aromatic nitrogens is 1. The first kappa shape index (κ1) is 23.9. The zero-order chi connectivity index (χ0) is 24.3. The van der Waals surface area contributed by atoms with Gasteiger partial charge in [-0.05, 0) is 49.1 Å². The lowest BCUT2D eigenvalue weighted by Gasteiger charge is -2.25. The average Bonchev–Trinajstić information content (AvgIpc) is 3.41. The summed E-state index contributed by atoms with van der Waals surface area (Å²) in [5.74, 6) is -0.382. The molecule has 2 aliphatic heterocycles. The fourth-order valence-corrected chi connectivity index (χ4v) is 4.58. The van der Waals surface area contributed by atoms with Gasteiger partial charge in [0.1, 0.15) is 0 Å². The zero-order valence-corrected chi connectivity index (χ0v) is 18.7. The third-order valence-electron chi connectivity index (χ3n) is 6.34. The maximum absolute atomic E-state index is 12.9. The Morgan fingerprint density at radius 3 is 2.41 bits per heavy atom. The molecule has 2 aliphatic rings. The molecular formula is C25H26F3N3O3. The van der Waals surface area contributed by atoms with Gasteiger partial charge in [-0.2, -0.15) is 13.2 Å². The molecule has 0 saturated carbocycles. The molecule has 0 radical (unpaired) electrons. The van der Waals surface area contributed by atoms with Crippen molar-refractivity contribution in [3.63, 3.8) is 0 Å². The highest BCUT2D eigenvalue weighted by molar-refractivity contribution is 6.01. The predicted molar refractivity (Wildman–Crippen MR) is 117 cm³/mol. The van der Waals surface area contributed by atoms with Crippen LogP contribution in [0.5, 0.6) is 0 Å². The number of rotatable bonds is 7. The van der Waals surface area contributed by atoms with Crippen molar-refractivity contribution in [3.05, 3.63) is 65.0 Å². The van der Waals surface area contributed by atoms with E-state index < -0.39 is 11.7 Å². The fraction of sp³-hybridized carbons (Fsp3) is 0.440. The van der Waals surface area contributed by atoms with E-state index in [1.807, 2.05) is 18.2 Å². The predicted octanol–water partition coefficient (Wildman–Crippen LogP) is 4.28. The monoisotopic (exact) mass is 473 g/mol. The van der Waals surface area contributed by atoms with Crippen LogP contribution in [0.1, 0.15) is 67.1 Å². The molecule has 1 atom stereocenters. The Labute approximate surface area is 195 Å². The first-order valence-corrected chi connectivity index (χ1v) is 11.5. The van der Waals surface area contributed by atoms with Crippen LogP contribution in [0, 0.1) is 0 Å². The van der Waals surface area contributed by atoms with Gasteiger partial charge in [-0.15, -0.1) is 0 Å². The van der Waals surface area contributed by atoms with Gasteiger partial charge in [0.05, 0.1) is 17.3 Å². The molecule has 3 amide bonds. The minimum Gasteiger partial charge on any atom is -0.334 e. The summed E-state index contributed by atoms with van der Waals surface area (Å²) in [6.45, 7) is 0.888. The van der Waals surface area contributed by atoms with Crippen LogP contribution in [-0.2, 0) is 27.0 Å². The van der Waals surface area contributed by atoms with Crippen LogP contribution in [-0.4, -0.2) is 45.6 Å². The van der Waals surface area contributed by atoms with E-state index in [0.29, 0.717) is 19.4 Å². The molecule has 1 aromatic carbocycles. The molecule has 3 heterocycles. The van der Waals surface area contributed by atoms with Crippen molar-refractivity contribution in [2.75, 3.05) is 13.1 Å². The number of halogens is 3. The van der Waals surface area contributed by atoms with E-state index in [1.54, 1.807) is 4.90 Å². The minimum atomic E-state index is -4.37. The number of carbonyl (C=O) groups is 3. The summed E-state index contributed by atoms with van der Waals surface area (Å²) in [5, 5.41) is 0. The van der Waals surface area contributed by atoms with Gasteiger partial charge < -0.3 is 4.90 Å². The summed E-state index contributed by atoms with van der Waals surface area (Å²) < 4.78 is 38.4. The van der Waals surface area contributed by atoms with Crippen LogP contribution < -0.4 is 0 Å². The van der Waals surface area contributed by atoms with Crippen LogP contribution >= 0.6 is 0 Å². The molecule has 2 fully saturated rings. The van der Waals surface area contributed by atoms with Crippen molar-refractivity contribution in [2.24, 2.45) is 0 Å². The number of pyridine rings is 1. The van der Waals surface area contributed by atoms with Gasteiger partial charge in [-0.25, -0.2) is 0 Å². The van der Waals surface area contributed by atoms with Gasteiger partial charge in [-0.3, -0.25) is 24.3 Å². The van der Waals surface area contributed by atoms with Crippen LogP contribution in [0.2, 0.25) is 0 Å². The average molecular weight is 473 g/mol. The lowest BCUT2D eigenvalue weighted by atomic mass is 10.0. The number of likely N-dealkylation sites (tertiary alicyclic amines) is 2. The van der Waals surface area contributed by atoms with E-state index in [2.05, 4.69) is 0 Å². The summed E-state index contributed by atoms with van der Waals surface area (Å²) in [6.07, 6.45) is -1.17. The van der Waals surface area contributed by atoms with E-state index in [4.69, 9.17) is 4.98 Å². The summed E-state index contributed by atoms with van der Waals surface area (Å²) in [4.78, 5) is 44.1. The van der Waals surface area contributed by atoms with Crippen molar-refractivity contribution in [1.29, 1.82) is 0 Å². The molecule has 0 aliphatic carbocycles. The molecule has 2 saturated heterocycles. The maximum Gasteiger partial charge on any atom is 0.416 e. The van der Waals surface area contributed by atoms with Crippen molar-refractivity contribution < 1.29 is 27.6 Å². The SMILES string of the molecule is O=C1CCC(=O)N1CCCC(=O)N1CCC[C@@H]1c1cccc(Cc2ccc(C(F)(F)F)cc2)n1. The highest BCUT2D eigenvalue weighted by atomic mass is 19.4. The van der Waals surface area contributed by atoms with Crippen molar-refractivity contribution in [2.45, 2.75) is 57.2 Å². The van der Waals surface area contributed by atoms with Gasteiger partial charge in [-0.1, -0.05) is 18.2 Å². The number of hydrogen-bond acceptors (Lipinski definition) is 4. The minimum absolute atomic E-state index is 0.0310. The lowest BCUT2D eigenvalue weighted by Crippen LogP contribution is -2.33. The van der Waals surface area contributed by atoms with Crippen LogP contribution in [0.15, 0.2) is 42.5 Å². The highest BCUT2D eigenvalue weighted by Gasteiger charge is 2.32. The van der Waals surface area contributed by atoms with Crippen LogP contribution in [0.4, 0.5) is 13.2 Å². The Bertz CT molecular complexity index is 1050. The Balaban J connectivity index is 1.37. The topological polar surface area (TPSA) is 70.6 Å². The zero-order valence-electron chi connectivity index (χ0n) is 18.7. The van der Waals surface area contributed by atoms with Gasteiger partial charge in [0, 0.05) is 44.5 Å². The number of carbonyl (C=O) groups excluding carboxylic acids is 3. The summed E-state index contributed by atoms with van der Waals surface area (Å²) in [5.41, 5.74) is 1.53. The van der Waals surface area contributed by atoms with E-state index in [9.17, 15) is 27.6 Å². The van der Waals surface area contributed by atoms with E-state index in [0.717, 1.165) is 41.9 Å². The van der Waals surface area contributed by atoms with E-state index in [-0.39, 0.29) is 49.6 Å². The number of hydrogen-bond donors (Lipinski definition) is 0. The van der Waals surface area contributed by atoms with Gasteiger partial charge in [0.25, 0.3) is 0 Å². The molecule has 180 valence electrons. The Kier molecular flexibility index (Phi) is 7.00. The first-order valence-electron chi connectivity index (χ1n) is 11.5. The lowest BCUT2D eigenvalue weighted by molar-refractivity contribution is -0.140. The maximum atomic E-state index is 12.9. The molecule has 34 heavy (non-hydrogen) atoms. The van der Waals surface area contributed by atoms with E-state index in [1.165, 1.54) is 17.0 Å². The second-order valence-electron chi connectivity index (χ2n) is 8.71. The van der Waals surface area contributed by atoms with Crippen LogP contribution in [0.3, 0.4) is 0 Å². The van der Waals surface area contributed by atoms with E-state index >= 15 is 0 Å². The highest BCUT2D eigenvalue weighted by Crippen LogP contribution is 2.32. The smallest absolute Gasteiger partial charge is 0.334 e. The Morgan fingerprint density at radius 1 is 1.03 bits per heavy atom. The molecular weight excluding hydrogens is 447 g/mol. The van der Waals surface area contributed by atoms with Crippen LogP contribution in [0.25, 0.3) is 0 Å². The number of imide groups is 1. The fourth-order valence-electron chi connectivity index (χ4n) is 4.58. The summed E-state index contributed by atoms with van der Waals surface area (Å²) in [7, 11) is 0. The number of nitrogens with zero attached hydrogens (tertiary/aromatic N) is 3. The molecule has 0 unspecified atom stereocenters. The summed E-state index contributed by atoms with van der Waals surface area (Å²) >= 11 is 0. The molecule has 6 nitrogen and oxygen atoms in total. The molecule has 0 bridgehead atoms. The Hall–Kier alpha value is -3.23. The quantitative estimate of drug-likeness (QED) is 0.563. The molecule has 1 aromatic heterocycles. The summed E-state index contributed by atoms with van der Waals surface area (Å²) in [6, 6.07) is 10.4. The van der Waals surface area contributed by atoms with Crippen molar-refractivity contribution >= 4 is 17.7 Å². The molecule has 0 N–H and O–H groups in total. The Morgan fingerprint density at radius 2 is 1.74 bits per heavy atom.